The number of hydrogen-bond donors (Lipinski definition) is 2. The van der Waals surface area contributed by atoms with Gasteiger partial charge in [0.05, 0.1) is 43.0 Å². The maximum Gasteiger partial charge on any atom is 0.191 e. The molecule has 3 atom stereocenters. The summed E-state index contributed by atoms with van der Waals surface area (Å²) in [7, 11) is 0. The SMILES string of the molecule is CC[NH+]1CC=C2C(C#N)=C(N)C(C#N)(C#N)C(c3ccsc3)C2C1. The molecule has 5 nitrogen and oxygen atoms in total. The highest BCUT2D eigenvalue weighted by Crippen LogP contribution is 2.53. The Morgan fingerprint density at radius 3 is 2.67 bits per heavy atom. The minimum absolute atomic E-state index is 0.0513. The Labute approximate surface area is 145 Å². The predicted molar refractivity (Wildman–Crippen MR) is 90.4 cm³/mol. The number of rotatable bonds is 2. The second-order valence-corrected chi connectivity index (χ2v) is 7.02. The van der Waals surface area contributed by atoms with Gasteiger partial charge in [0.15, 0.2) is 5.41 Å². The van der Waals surface area contributed by atoms with Crippen molar-refractivity contribution in [2.24, 2.45) is 17.1 Å². The lowest BCUT2D eigenvalue weighted by Gasteiger charge is -2.43. The number of nitrogens with zero attached hydrogens (tertiary/aromatic N) is 3. The van der Waals surface area contributed by atoms with Crippen molar-refractivity contribution in [1.29, 1.82) is 15.8 Å². The second kappa shape index (κ2) is 6.13. The molecule has 0 aromatic carbocycles. The highest BCUT2D eigenvalue weighted by atomic mass is 32.1. The third kappa shape index (κ3) is 2.14. The van der Waals surface area contributed by atoms with Crippen LogP contribution < -0.4 is 10.6 Å². The van der Waals surface area contributed by atoms with Crippen LogP contribution in [0.2, 0.25) is 0 Å². The van der Waals surface area contributed by atoms with Gasteiger partial charge in [-0.1, -0.05) is 0 Å². The first kappa shape index (κ1) is 16.3. The summed E-state index contributed by atoms with van der Waals surface area (Å²) in [6, 6.07) is 8.43. The Morgan fingerprint density at radius 2 is 2.12 bits per heavy atom. The molecular weight excluding hydrogens is 318 g/mol. The number of hydrogen-bond acceptors (Lipinski definition) is 5. The Balaban J connectivity index is 2.29. The number of nitriles is 3. The van der Waals surface area contributed by atoms with Gasteiger partial charge in [0.25, 0.3) is 0 Å². The average Bonchev–Trinajstić information content (AvgIpc) is 3.14. The lowest BCUT2D eigenvalue weighted by molar-refractivity contribution is -0.897. The zero-order valence-corrected chi connectivity index (χ0v) is 14.2. The van der Waals surface area contributed by atoms with Gasteiger partial charge in [0, 0.05) is 11.8 Å². The van der Waals surface area contributed by atoms with E-state index < -0.39 is 5.41 Å². The lowest BCUT2D eigenvalue weighted by Crippen LogP contribution is -3.13. The molecule has 0 saturated carbocycles. The highest BCUT2D eigenvalue weighted by molar-refractivity contribution is 7.08. The molecule has 120 valence electrons. The lowest BCUT2D eigenvalue weighted by atomic mass is 9.58. The maximum absolute atomic E-state index is 9.89. The molecule has 0 amide bonds. The largest absolute Gasteiger partial charge is 0.399 e. The number of likely N-dealkylation sites (N-methyl/N-ethyl adjacent to an activating group) is 1. The summed E-state index contributed by atoms with van der Waals surface area (Å²) in [5, 5.41) is 33.3. The first-order valence-electron chi connectivity index (χ1n) is 7.91. The van der Waals surface area contributed by atoms with Crippen LogP contribution in [-0.4, -0.2) is 19.6 Å². The summed E-state index contributed by atoms with van der Waals surface area (Å²) in [4.78, 5) is 1.38. The van der Waals surface area contributed by atoms with Crippen LogP contribution in [0.3, 0.4) is 0 Å². The standard InChI is InChI=1S/C18H17N5S/c1-2-23-5-3-13-14(7-19)17(22)18(10-20,11-21)16(15(13)8-23)12-4-6-24-9-12/h3-4,6,9,15-16H,2,5,8,22H2,1H3/p+1. The van der Waals surface area contributed by atoms with E-state index in [-0.39, 0.29) is 17.5 Å². The second-order valence-electron chi connectivity index (χ2n) is 6.24. The molecule has 3 N–H and O–H groups in total. The van der Waals surface area contributed by atoms with Crippen LogP contribution in [0.25, 0.3) is 0 Å². The van der Waals surface area contributed by atoms with Gasteiger partial charge in [-0.05, 0) is 41.0 Å². The molecule has 2 heterocycles. The summed E-state index contributed by atoms with van der Waals surface area (Å²) in [6.07, 6.45) is 2.07. The normalized spacial score (nSPS) is 28.1. The molecule has 6 heteroatoms. The third-order valence-electron chi connectivity index (χ3n) is 5.24. The molecule has 1 aromatic rings. The molecule has 1 aliphatic carbocycles. The molecule has 1 aliphatic heterocycles. The van der Waals surface area contributed by atoms with Crippen LogP contribution in [-0.2, 0) is 0 Å². The number of allylic oxidation sites excluding steroid dienone is 2. The third-order valence-corrected chi connectivity index (χ3v) is 5.94. The van der Waals surface area contributed by atoms with Gasteiger partial charge in [-0.25, -0.2) is 0 Å². The van der Waals surface area contributed by atoms with Crippen molar-refractivity contribution >= 4 is 11.3 Å². The zero-order chi connectivity index (χ0) is 17.3. The Hall–Kier alpha value is -2.59. The fraction of sp³-hybridized carbons (Fsp3) is 0.389. The Morgan fingerprint density at radius 1 is 1.38 bits per heavy atom. The molecule has 2 aliphatic rings. The van der Waals surface area contributed by atoms with Crippen LogP contribution in [0, 0.1) is 45.3 Å². The minimum atomic E-state index is -1.50. The Bertz CT molecular complexity index is 814. The van der Waals surface area contributed by atoms with Crippen molar-refractivity contribution in [3.05, 3.63) is 45.3 Å². The van der Waals surface area contributed by atoms with Crippen molar-refractivity contribution in [3.8, 4) is 18.2 Å². The minimum Gasteiger partial charge on any atom is -0.399 e. The van der Waals surface area contributed by atoms with E-state index in [9.17, 15) is 15.8 Å². The van der Waals surface area contributed by atoms with Gasteiger partial charge in [-0.3, -0.25) is 0 Å². The monoisotopic (exact) mass is 336 g/mol. The first-order valence-corrected chi connectivity index (χ1v) is 8.86. The van der Waals surface area contributed by atoms with Crippen LogP contribution in [0.4, 0.5) is 0 Å². The Kier molecular flexibility index (Phi) is 4.16. The number of thiophene rings is 1. The number of nitrogens with two attached hydrogens (primary N) is 1. The van der Waals surface area contributed by atoms with E-state index in [1.54, 1.807) is 11.3 Å². The summed E-state index contributed by atoms with van der Waals surface area (Å²) >= 11 is 1.54. The van der Waals surface area contributed by atoms with Crippen molar-refractivity contribution in [1.82, 2.24) is 0 Å². The van der Waals surface area contributed by atoms with Gasteiger partial charge in [-0.15, -0.1) is 0 Å². The fourth-order valence-corrected chi connectivity index (χ4v) is 4.65. The maximum atomic E-state index is 9.89. The van der Waals surface area contributed by atoms with E-state index in [1.165, 1.54) is 4.90 Å². The molecular formula is C18H18N5S+. The van der Waals surface area contributed by atoms with Crippen molar-refractivity contribution in [2.45, 2.75) is 12.8 Å². The van der Waals surface area contributed by atoms with E-state index in [0.717, 1.165) is 30.8 Å². The fourth-order valence-electron chi connectivity index (χ4n) is 3.95. The molecule has 0 saturated heterocycles. The van der Waals surface area contributed by atoms with Gasteiger partial charge in [-0.2, -0.15) is 27.1 Å². The van der Waals surface area contributed by atoms with Gasteiger partial charge in [0.2, 0.25) is 0 Å². The molecule has 3 rings (SSSR count). The van der Waals surface area contributed by atoms with Crippen LogP contribution >= 0.6 is 11.3 Å². The van der Waals surface area contributed by atoms with Crippen LogP contribution in [0.1, 0.15) is 18.4 Å². The van der Waals surface area contributed by atoms with Gasteiger partial charge in [0.1, 0.15) is 6.07 Å². The topological polar surface area (TPSA) is 102 Å². The van der Waals surface area contributed by atoms with Crippen molar-refractivity contribution in [2.75, 3.05) is 19.6 Å². The summed E-state index contributed by atoms with van der Waals surface area (Å²) in [6.45, 7) is 4.72. The average molecular weight is 336 g/mol. The smallest absolute Gasteiger partial charge is 0.191 e. The molecule has 0 radical (unpaired) electrons. The number of fused-ring (bicyclic) bond motifs is 1. The molecule has 1 aromatic heterocycles. The van der Waals surface area contributed by atoms with E-state index in [0.29, 0.717) is 5.57 Å². The summed E-state index contributed by atoms with van der Waals surface area (Å²) in [5.74, 6) is -0.395. The summed E-state index contributed by atoms with van der Waals surface area (Å²) < 4.78 is 0. The van der Waals surface area contributed by atoms with Crippen molar-refractivity contribution < 1.29 is 4.90 Å². The van der Waals surface area contributed by atoms with Gasteiger partial charge < -0.3 is 10.6 Å². The van der Waals surface area contributed by atoms with Crippen LogP contribution in [0.5, 0.6) is 0 Å². The van der Waals surface area contributed by atoms with Gasteiger partial charge >= 0.3 is 0 Å². The quantitative estimate of drug-likeness (QED) is 0.843. The van der Waals surface area contributed by atoms with E-state index in [1.807, 2.05) is 16.8 Å². The van der Waals surface area contributed by atoms with E-state index >= 15 is 0 Å². The number of nitrogens with one attached hydrogen (secondary N) is 1. The molecule has 3 unspecified atom stereocenters. The van der Waals surface area contributed by atoms with E-state index in [4.69, 9.17) is 5.73 Å². The predicted octanol–water partition coefficient (Wildman–Crippen LogP) is 1.08. The molecule has 0 bridgehead atoms. The summed E-state index contributed by atoms with van der Waals surface area (Å²) in [5.41, 5.74) is 7.02. The van der Waals surface area contributed by atoms with Crippen LogP contribution in [0.15, 0.2) is 39.7 Å². The molecule has 0 fully saturated rings. The highest BCUT2D eigenvalue weighted by Gasteiger charge is 2.55. The zero-order valence-electron chi connectivity index (χ0n) is 13.4. The number of quaternary nitrogens is 1. The van der Waals surface area contributed by atoms with E-state index in [2.05, 4.69) is 31.2 Å². The first-order chi connectivity index (χ1) is 11.6. The molecule has 0 spiro atoms. The molecule has 24 heavy (non-hydrogen) atoms. The van der Waals surface area contributed by atoms with Crippen molar-refractivity contribution in [3.63, 3.8) is 0 Å².